The van der Waals surface area contributed by atoms with Crippen molar-refractivity contribution in [1.82, 2.24) is 0 Å². The molecule has 0 fully saturated rings. The van der Waals surface area contributed by atoms with Crippen LogP contribution in [0.2, 0.25) is 0 Å². The lowest BCUT2D eigenvalue weighted by atomic mass is 10.3. The molecule has 0 aromatic heterocycles. The second-order valence-corrected chi connectivity index (χ2v) is 16.5. The van der Waals surface area contributed by atoms with Gasteiger partial charge in [-0.1, -0.05) is 89.7 Å². The van der Waals surface area contributed by atoms with E-state index in [1.165, 1.54) is 16.3 Å². The Bertz CT molecular complexity index is 960. The predicted octanol–water partition coefficient (Wildman–Crippen LogP) is 6.33. The van der Waals surface area contributed by atoms with Gasteiger partial charge >= 0.3 is 0 Å². The van der Waals surface area contributed by atoms with E-state index in [2.05, 4.69) is 36.2 Å². The molecule has 1 N–H and O–H groups in total. The highest BCUT2D eigenvalue weighted by Crippen LogP contribution is 2.72. The molecule has 0 spiro atoms. The van der Waals surface area contributed by atoms with E-state index in [1.54, 1.807) is 22.8 Å². The van der Waals surface area contributed by atoms with Crippen molar-refractivity contribution >= 4 is 55.9 Å². The summed E-state index contributed by atoms with van der Waals surface area (Å²) in [5, 5.41) is 3.95. The summed E-state index contributed by atoms with van der Waals surface area (Å²) < 4.78 is -2.00. The molecule has 0 aliphatic rings. The highest BCUT2D eigenvalue weighted by atomic mass is 33.2. The van der Waals surface area contributed by atoms with Crippen LogP contribution < -0.4 is 10.6 Å². The Kier molecular flexibility index (Phi) is 6.97. The Labute approximate surface area is 173 Å². The van der Waals surface area contributed by atoms with Gasteiger partial charge in [0.15, 0.2) is 0 Å². The smallest absolute Gasteiger partial charge is 0.247 e. The molecular formula is C21H18NOPS3. The largest absolute Gasteiger partial charge is 0.323 e. The summed E-state index contributed by atoms with van der Waals surface area (Å²) in [7, 11) is 0. The van der Waals surface area contributed by atoms with Crippen molar-refractivity contribution < 1.29 is 4.79 Å². The molecule has 2 nitrogen and oxygen atoms in total. The van der Waals surface area contributed by atoms with Gasteiger partial charge in [-0.15, -0.1) is 0 Å². The van der Waals surface area contributed by atoms with Crippen molar-refractivity contribution in [1.29, 1.82) is 0 Å². The van der Waals surface area contributed by atoms with E-state index in [9.17, 15) is 4.79 Å². The van der Waals surface area contributed by atoms with Crippen molar-refractivity contribution in [3.63, 3.8) is 0 Å². The van der Waals surface area contributed by atoms with Crippen molar-refractivity contribution in [3.8, 4) is 0 Å². The molecule has 1 atom stereocenters. The summed E-state index contributed by atoms with van der Waals surface area (Å²) in [6.07, 6.45) is 1.26. The monoisotopic (exact) mass is 427 g/mol. The van der Waals surface area contributed by atoms with E-state index < -0.39 is 4.44 Å². The molecule has 136 valence electrons. The fourth-order valence-electron chi connectivity index (χ4n) is 2.29. The molecule has 3 aromatic rings. The number of hydrogen-bond acceptors (Lipinski definition) is 4. The van der Waals surface area contributed by atoms with Gasteiger partial charge in [0.25, 0.3) is 0 Å². The fourth-order valence-corrected chi connectivity index (χ4v) is 11.8. The van der Waals surface area contributed by atoms with Gasteiger partial charge in [0, 0.05) is 20.8 Å². The van der Waals surface area contributed by atoms with E-state index in [-0.39, 0.29) is 5.91 Å². The maximum Gasteiger partial charge on any atom is 0.247 e. The molecule has 0 radical (unpaired) electrons. The van der Waals surface area contributed by atoms with Crippen molar-refractivity contribution in [2.24, 2.45) is 0 Å². The van der Waals surface area contributed by atoms with Crippen LogP contribution in [-0.2, 0) is 16.6 Å². The minimum atomic E-state index is -2.00. The van der Waals surface area contributed by atoms with Gasteiger partial charge in [0.1, 0.15) is 0 Å². The quantitative estimate of drug-likeness (QED) is 0.352. The molecule has 27 heavy (non-hydrogen) atoms. The number of rotatable bonds is 7. The van der Waals surface area contributed by atoms with Gasteiger partial charge in [-0.2, -0.15) is 0 Å². The van der Waals surface area contributed by atoms with E-state index in [4.69, 9.17) is 11.8 Å². The molecule has 0 aliphatic carbocycles. The normalized spacial score (nSPS) is 12.7. The van der Waals surface area contributed by atoms with Crippen LogP contribution in [-0.4, -0.2) is 5.91 Å². The zero-order valence-electron chi connectivity index (χ0n) is 14.4. The zero-order chi connectivity index (χ0) is 19.1. The lowest BCUT2D eigenvalue weighted by Gasteiger charge is -2.21. The summed E-state index contributed by atoms with van der Waals surface area (Å²) >= 11 is 9.70. The standard InChI is InChI=1S/C21H18NOPS3/c1-2-21(23)22-17-13-15-20(16-14-17)27-24(25,18-9-5-3-6-10-18)26-19-11-7-4-8-12-19/h2-16H,1H2,(H,22,23). The average Bonchev–Trinajstić information content (AvgIpc) is 2.71. The topological polar surface area (TPSA) is 29.1 Å². The first-order valence-electron chi connectivity index (χ1n) is 8.22. The lowest BCUT2D eigenvalue weighted by molar-refractivity contribution is -0.111. The molecule has 6 heteroatoms. The van der Waals surface area contributed by atoms with Crippen molar-refractivity contribution in [3.05, 3.63) is 97.6 Å². The number of amides is 1. The summed E-state index contributed by atoms with van der Waals surface area (Å²) in [6, 6.07) is 28.4. The van der Waals surface area contributed by atoms with E-state index in [0.717, 1.165) is 10.6 Å². The number of nitrogens with one attached hydrogen (secondary N) is 1. The number of anilines is 1. The molecule has 0 aliphatic heterocycles. The summed E-state index contributed by atoms with van der Waals surface area (Å²) in [5.74, 6) is -0.218. The SMILES string of the molecule is C=CC(=O)Nc1ccc(SP(=S)(Sc2ccccc2)c2ccccc2)cc1. The number of carbonyl (C=O) groups is 1. The number of benzene rings is 3. The van der Waals surface area contributed by atoms with Gasteiger partial charge in [0.05, 0.1) is 4.44 Å². The molecule has 0 saturated heterocycles. The van der Waals surface area contributed by atoms with E-state index >= 15 is 0 Å². The minimum absolute atomic E-state index is 0.218. The molecule has 3 aromatic carbocycles. The highest BCUT2D eigenvalue weighted by molar-refractivity contribution is 9.02. The van der Waals surface area contributed by atoms with E-state index in [1.807, 2.05) is 60.7 Å². The fraction of sp³-hybridized carbons (Fsp3) is 0. The van der Waals surface area contributed by atoms with Crippen LogP contribution in [0.15, 0.2) is 107 Å². The van der Waals surface area contributed by atoms with Crippen LogP contribution in [0.1, 0.15) is 0 Å². The van der Waals surface area contributed by atoms with Crippen LogP contribution in [0, 0.1) is 0 Å². The van der Waals surface area contributed by atoms with Gasteiger partial charge in [-0.05, 0) is 42.5 Å². The predicted molar refractivity (Wildman–Crippen MR) is 124 cm³/mol. The van der Waals surface area contributed by atoms with Gasteiger partial charge in [-0.3, -0.25) is 4.79 Å². The van der Waals surface area contributed by atoms with Crippen LogP contribution in [0.3, 0.4) is 0 Å². The van der Waals surface area contributed by atoms with Crippen LogP contribution in [0.4, 0.5) is 5.69 Å². The Morgan fingerprint density at radius 1 is 0.852 bits per heavy atom. The Hall–Kier alpha value is -1.78. The first kappa shape index (κ1) is 20.0. The van der Waals surface area contributed by atoms with Gasteiger partial charge < -0.3 is 5.32 Å². The Balaban J connectivity index is 1.86. The third kappa shape index (κ3) is 5.60. The first-order valence-corrected chi connectivity index (χ1v) is 13.9. The second kappa shape index (κ2) is 9.43. The zero-order valence-corrected chi connectivity index (χ0v) is 17.8. The third-order valence-corrected chi connectivity index (χ3v) is 13.2. The van der Waals surface area contributed by atoms with Gasteiger partial charge in [0.2, 0.25) is 5.91 Å². The molecule has 1 unspecified atom stereocenters. The molecule has 0 bridgehead atoms. The lowest BCUT2D eigenvalue weighted by Crippen LogP contribution is -2.06. The van der Waals surface area contributed by atoms with Crippen molar-refractivity contribution in [2.45, 2.75) is 9.79 Å². The maximum absolute atomic E-state index is 11.4. The van der Waals surface area contributed by atoms with Crippen molar-refractivity contribution in [2.75, 3.05) is 5.32 Å². The summed E-state index contributed by atoms with van der Waals surface area (Å²) in [4.78, 5) is 13.7. The van der Waals surface area contributed by atoms with Gasteiger partial charge in [-0.25, -0.2) is 0 Å². The molecule has 1 amide bonds. The number of carbonyl (C=O) groups excluding carboxylic acids is 1. The Morgan fingerprint density at radius 2 is 1.37 bits per heavy atom. The number of hydrogen-bond donors (Lipinski definition) is 1. The summed E-state index contributed by atoms with van der Waals surface area (Å²) in [6.45, 7) is 3.47. The van der Waals surface area contributed by atoms with Crippen LogP contribution in [0.5, 0.6) is 0 Å². The average molecular weight is 428 g/mol. The molecule has 3 rings (SSSR count). The van der Waals surface area contributed by atoms with E-state index in [0.29, 0.717) is 0 Å². The van der Waals surface area contributed by atoms with Crippen LogP contribution >= 0.6 is 27.2 Å². The molecular weight excluding hydrogens is 409 g/mol. The van der Waals surface area contributed by atoms with Crippen LogP contribution in [0.25, 0.3) is 0 Å². The first-order chi connectivity index (χ1) is 13.1. The second-order valence-electron chi connectivity index (χ2n) is 5.55. The Morgan fingerprint density at radius 3 is 1.93 bits per heavy atom. The highest BCUT2D eigenvalue weighted by Gasteiger charge is 2.23. The third-order valence-electron chi connectivity index (χ3n) is 3.57. The maximum atomic E-state index is 11.4. The molecule has 0 heterocycles. The summed E-state index contributed by atoms with van der Waals surface area (Å²) in [5.41, 5.74) is 0.743. The molecule has 0 saturated carbocycles. The minimum Gasteiger partial charge on any atom is -0.323 e.